The van der Waals surface area contributed by atoms with Crippen molar-refractivity contribution in [2.24, 2.45) is 0 Å². The highest BCUT2D eigenvalue weighted by molar-refractivity contribution is 6.31. The molecule has 2 fully saturated rings. The highest BCUT2D eigenvalue weighted by atomic mass is 35.5. The van der Waals surface area contributed by atoms with Crippen LogP contribution in [-0.4, -0.2) is 46.9 Å². The molecule has 6 heteroatoms. The molecule has 1 saturated carbocycles. The summed E-state index contributed by atoms with van der Waals surface area (Å²) < 4.78 is 0. The number of piperazine rings is 1. The zero-order valence-electron chi connectivity index (χ0n) is 11.3. The van der Waals surface area contributed by atoms with Crippen molar-refractivity contribution in [2.75, 3.05) is 26.2 Å². The van der Waals surface area contributed by atoms with Crippen LogP contribution in [0, 0.1) is 10.1 Å². The van der Waals surface area contributed by atoms with Gasteiger partial charge in [-0.2, -0.15) is 0 Å². The first kappa shape index (κ1) is 13.8. The lowest BCUT2D eigenvalue weighted by molar-refractivity contribution is -0.384. The Balaban J connectivity index is 1.62. The van der Waals surface area contributed by atoms with Crippen LogP contribution in [0.4, 0.5) is 5.69 Å². The van der Waals surface area contributed by atoms with Crippen molar-refractivity contribution in [3.63, 3.8) is 0 Å². The maximum Gasteiger partial charge on any atom is 0.269 e. The molecule has 0 bridgehead atoms. The van der Waals surface area contributed by atoms with Gasteiger partial charge in [0.15, 0.2) is 0 Å². The molecule has 0 atom stereocenters. The molecule has 5 nitrogen and oxygen atoms in total. The predicted molar refractivity (Wildman–Crippen MR) is 78.0 cm³/mol. The molecule has 0 unspecified atom stereocenters. The Morgan fingerprint density at radius 2 is 1.95 bits per heavy atom. The van der Waals surface area contributed by atoms with Crippen LogP contribution in [0.3, 0.4) is 0 Å². The van der Waals surface area contributed by atoms with E-state index in [1.54, 1.807) is 12.1 Å². The van der Waals surface area contributed by atoms with Gasteiger partial charge >= 0.3 is 0 Å². The van der Waals surface area contributed by atoms with E-state index in [0.717, 1.165) is 37.8 Å². The van der Waals surface area contributed by atoms with E-state index in [0.29, 0.717) is 11.6 Å². The second kappa shape index (κ2) is 5.68. The normalized spacial score (nSPS) is 21.1. The number of nitro benzene ring substituents is 1. The lowest BCUT2D eigenvalue weighted by Crippen LogP contribution is -2.46. The topological polar surface area (TPSA) is 49.6 Å². The lowest BCUT2D eigenvalue weighted by atomic mass is 10.1. The molecule has 1 heterocycles. The zero-order chi connectivity index (χ0) is 14.1. The highest BCUT2D eigenvalue weighted by Crippen LogP contribution is 2.28. The summed E-state index contributed by atoms with van der Waals surface area (Å²) in [7, 11) is 0. The van der Waals surface area contributed by atoms with E-state index < -0.39 is 0 Å². The predicted octanol–water partition coefficient (Wildman–Crippen LogP) is 2.53. The van der Waals surface area contributed by atoms with Gasteiger partial charge in [0.2, 0.25) is 0 Å². The maximum absolute atomic E-state index is 10.8. The molecule has 1 aliphatic heterocycles. The maximum atomic E-state index is 10.8. The van der Waals surface area contributed by atoms with E-state index in [9.17, 15) is 10.1 Å². The average Bonchev–Trinajstić information content (AvgIpc) is 3.26. The summed E-state index contributed by atoms with van der Waals surface area (Å²) in [6.45, 7) is 4.90. The van der Waals surface area contributed by atoms with E-state index in [2.05, 4.69) is 9.80 Å². The number of nitrogens with zero attached hydrogens (tertiary/aromatic N) is 3. The average molecular weight is 296 g/mol. The van der Waals surface area contributed by atoms with Gasteiger partial charge in [-0.3, -0.25) is 19.9 Å². The van der Waals surface area contributed by atoms with Gasteiger partial charge in [0.1, 0.15) is 0 Å². The van der Waals surface area contributed by atoms with Crippen molar-refractivity contribution >= 4 is 17.3 Å². The molecule has 0 amide bonds. The summed E-state index contributed by atoms with van der Waals surface area (Å²) in [5, 5.41) is 11.4. The first-order valence-corrected chi connectivity index (χ1v) is 7.40. The largest absolute Gasteiger partial charge is 0.298 e. The third-order valence-electron chi connectivity index (χ3n) is 4.10. The van der Waals surface area contributed by atoms with Crippen LogP contribution in [0.25, 0.3) is 0 Å². The van der Waals surface area contributed by atoms with Gasteiger partial charge in [-0.15, -0.1) is 0 Å². The summed E-state index contributed by atoms with van der Waals surface area (Å²) in [5.41, 5.74) is 0.960. The van der Waals surface area contributed by atoms with Gasteiger partial charge in [0.05, 0.1) is 4.92 Å². The van der Waals surface area contributed by atoms with E-state index in [4.69, 9.17) is 11.6 Å². The Labute approximate surface area is 123 Å². The molecule has 1 saturated heterocycles. The van der Waals surface area contributed by atoms with Crippen molar-refractivity contribution in [3.05, 3.63) is 38.9 Å². The van der Waals surface area contributed by atoms with Gasteiger partial charge in [-0.25, -0.2) is 0 Å². The molecule has 2 aliphatic rings. The molecule has 0 N–H and O–H groups in total. The summed E-state index contributed by atoms with van der Waals surface area (Å²) in [6.07, 6.45) is 2.69. The molecule has 108 valence electrons. The first-order valence-electron chi connectivity index (χ1n) is 7.03. The van der Waals surface area contributed by atoms with Crippen LogP contribution in [0.2, 0.25) is 5.02 Å². The van der Waals surface area contributed by atoms with E-state index in [-0.39, 0.29) is 10.6 Å². The van der Waals surface area contributed by atoms with Crippen LogP contribution < -0.4 is 0 Å². The summed E-state index contributed by atoms with van der Waals surface area (Å²) in [4.78, 5) is 15.3. The lowest BCUT2D eigenvalue weighted by Gasteiger charge is -2.34. The molecule has 0 radical (unpaired) electrons. The number of halogens is 1. The number of nitro groups is 1. The van der Waals surface area contributed by atoms with E-state index in [1.165, 1.54) is 18.9 Å². The Morgan fingerprint density at radius 1 is 1.25 bits per heavy atom. The SMILES string of the molecule is O=[N+]([O-])c1ccc(Cl)c(CN2CCN(C3CC3)CC2)c1. The number of non-ortho nitro benzene ring substituents is 1. The van der Waals surface area contributed by atoms with Crippen molar-refractivity contribution in [2.45, 2.75) is 25.4 Å². The Bertz CT molecular complexity index is 511. The first-order chi connectivity index (χ1) is 9.63. The molecular weight excluding hydrogens is 278 g/mol. The van der Waals surface area contributed by atoms with Crippen LogP contribution in [0.15, 0.2) is 18.2 Å². The number of hydrogen-bond donors (Lipinski definition) is 0. The zero-order valence-corrected chi connectivity index (χ0v) is 12.1. The number of hydrogen-bond acceptors (Lipinski definition) is 4. The summed E-state index contributed by atoms with van der Waals surface area (Å²) >= 11 is 6.15. The van der Waals surface area contributed by atoms with Gasteiger partial charge in [-0.1, -0.05) is 11.6 Å². The monoisotopic (exact) mass is 295 g/mol. The summed E-state index contributed by atoms with van der Waals surface area (Å²) in [6, 6.07) is 5.49. The fraction of sp³-hybridized carbons (Fsp3) is 0.571. The van der Waals surface area contributed by atoms with E-state index in [1.807, 2.05) is 0 Å². The van der Waals surface area contributed by atoms with Crippen LogP contribution >= 0.6 is 11.6 Å². The quantitative estimate of drug-likeness (QED) is 0.633. The Kier molecular flexibility index (Phi) is 3.92. The fourth-order valence-corrected chi connectivity index (χ4v) is 2.94. The van der Waals surface area contributed by atoms with Crippen molar-refractivity contribution in [1.29, 1.82) is 0 Å². The van der Waals surface area contributed by atoms with E-state index >= 15 is 0 Å². The van der Waals surface area contributed by atoms with Crippen LogP contribution in [-0.2, 0) is 6.54 Å². The van der Waals surface area contributed by atoms with Crippen molar-refractivity contribution in [1.82, 2.24) is 9.80 Å². The van der Waals surface area contributed by atoms with Gasteiger partial charge in [0, 0.05) is 55.9 Å². The smallest absolute Gasteiger partial charge is 0.269 e. The molecule has 1 aromatic rings. The standard InChI is InChI=1S/C14H18ClN3O2/c15-14-4-3-13(18(19)20)9-11(14)10-16-5-7-17(8-6-16)12-1-2-12/h3-4,9,12H,1-2,5-8,10H2. The highest BCUT2D eigenvalue weighted by Gasteiger charge is 2.31. The Morgan fingerprint density at radius 3 is 2.55 bits per heavy atom. The second-order valence-electron chi connectivity index (χ2n) is 5.58. The molecule has 1 aromatic carbocycles. The van der Waals surface area contributed by atoms with Crippen LogP contribution in [0.1, 0.15) is 18.4 Å². The second-order valence-corrected chi connectivity index (χ2v) is 5.98. The molecule has 20 heavy (non-hydrogen) atoms. The molecule has 1 aliphatic carbocycles. The van der Waals surface area contributed by atoms with Crippen molar-refractivity contribution < 1.29 is 4.92 Å². The molecule has 3 rings (SSSR count). The van der Waals surface area contributed by atoms with Gasteiger partial charge < -0.3 is 0 Å². The van der Waals surface area contributed by atoms with Gasteiger partial charge in [0.25, 0.3) is 5.69 Å². The Hall–Kier alpha value is -1.17. The number of rotatable bonds is 4. The minimum Gasteiger partial charge on any atom is -0.298 e. The molecule has 0 aromatic heterocycles. The van der Waals surface area contributed by atoms with Crippen LogP contribution in [0.5, 0.6) is 0 Å². The molecular formula is C14H18ClN3O2. The third kappa shape index (κ3) is 3.11. The van der Waals surface area contributed by atoms with Crippen molar-refractivity contribution in [3.8, 4) is 0 Å². The molecule has 0 spiro atoms. The summed E-state index contributed by atoms with van der Waals surface area (Å²) in [5.74, 6) is 0. The minimum absolute atomic E-state index is 0.112. The fourth-order valence-electron chi connectivity index (χ4n) is 2.76. The third-order valence-corrected chi connectivity index (χ3v) is 4.47. The minimum atomic E-state index is -0.370. The van der Waals surface area contributed by atoms with Gasteiger partial charge in [-0.05, 0) is 24.5 Å². The number of benzene rings is 1.